The van der Waals surface area contributed by atoms with E-state index in [1.807, 2.05) is 11.8 Å². The molecule has 0 aliphatic carbocycles. The maximum Gasteiger partial charge on any atom is 0.246 e. The Kier molecular flexibility index (Phi) is 6.59. The highest BCUT2D eigenvalue weighted by Crippen LogP contribution is 2.30. The standard InChI is InChI=1S/C20H28N2O2/c1-4-19(23)21(5-2)15-20(24)22-13-8-6-7-12-18(22)17-11-9-10-16(3)14-17/h4,9-11,14,18H,1,5-8,12-13,15H2,2-3H3. The van der Waals surface area contributed by atoms with E-state index in [9.17, 15) is 9.59 Å². The lowest BCUT2D eigenvalue weighted by atomic mass is 9.99. The zero-order valence-electron chi connectivity index (χ0n) is 14.8. The molecule has 0 bridgehead atoms. The molecule has 24 heavy (non-hydrogen) atoms. The summed E-state index contributed by atoms with van der Waals surface area (Å²) < 4.78 is 0. The summed E-state index contributed by atoms with van der Waals surface area (Å²) >= 11 is 0. The molecule has 2 amide bonds. The molecule has 1 aromatic rings. The Bertz CT molecular complexity index is 597. The Morgan fingerprint density at radius 3 is 2.79 bits per heavy atom. The first-order chi connectivity index (χ1) is 11.6. The minimum Gasteiger partial charge on any atom is -0.334 e. The molecule has 0 radical (unpaired) electrons. The Balaban J connectivity index is 2.21. The summed E-state index contributed by atoms with van der Waals surface area (Å²) in [5.41, 5.74) is 2.41. The van der Waals surface area contributed by atoms with Crippen LogP contribution in [0, 0.1) is 6.92 Å². The quantitative estimate of drug-likeness (QED) is 0.777. The van der Waals surface area contributed by atoms with Gasteiger partial charge in [-0.25, -0.2) is 0 Å². The number of nitrogens with zero attached hydrogens (tertiary/aromatic N) is 2. The first-order valence-electron chi connectivity index (χ1n) is 8.84. The second-order valence-corrected chi connectivity index (χ2v) is 6.42. The Morgan fingerprint density at radius 1 is 1.33 bits per heavy atom. The Hall–Kier alpha value is -2.10. The van der Waals surface area contributed by atoms with E-state index >= 15 is 0 Å². The number of hydrogen-bond acceptors (Lipinski definition) is 2. The van der Waals surface area contributed by atoms with E-state index in [2.05, 4.69) is 37.8 Å². The fraction of sp³-hybridized carbons (Fsp3) is 0.500. The van der Waals surface area contributed by atoms with Gasteiger partial charge < -0.3 is 9.80 Å². The third-order valence-electron chi connectivity index (χ3n) is 4.69. The van der Waals surface area contributed by atoms with Gasteiger partial charge in [0.1, 0.15) is 6.54 Å². The van der Waals surface area contributed by atoms with Crippen LogP contribution < -0.4 is 0 Å². The molecule has 1 aromatic carbocycles. The van der Waals surface area contributed by atoms with Gasteiger partial charge in [-0.3, -0.25) is 9.59 Å². The molecular formula is C20H28N2O2. The molecule has 1 aliphatic rings. The molecule has 1 aliphatic heterocycles. The predicted octanol–water partition coefficient (Wildman–Crippen LogP) is 3.47. The number of rotatable bonds is 5. The number of likely N-dealkylation sites (tertiary alicyclic amines) is 1. The van der Waals surface area contributed by atoms with Gasteiger partial charge in [-0.2, -0.15) is 0 Å². The highest BCUT2D eigenvalue weighted by molar-refractivity contribution is 5.91. The lowest BCUT2D eigenvalue weighted by Crippen LogP contribution is -2.43. The van der Waals surface area contributed by atoms with Crippen molar-refractivity contribution in [3.05, 3.63) is 48.0 Å². The van der Waals surface area contributed by atoms with Crippen LogP contribution in [0.5, 0.6) is 0 Å². The van der Waals surface area contributed by atoms with Crippen LogP contribution in [0.2, 0.25) is 0 Å². The number of carbonyl (C=O) groups excluding carboxylic acids is 2. The molecule has 4 nitrogen and oxygen atoms in total. The first-order valence-corrected chi connectivity index (χ1v) is 8.84. The van der Waals surface area contributed by atoms with Crippen LogP contribution in [-0.2, 0) is 9.59 Å². The number of benzene rings is 1. The summed E-state index contributed by atoms with van der Waals surface area (Å²) in [4.78, 5) is 28.3. The normalized spacial score (nSPS) is 17.9. The first kappa shape index (κ1) is 18.2. The maximum atomic E-state index is 12.9. The zero-order chi connectivity index (χ0) is 17.5. The molecular weight excluding hydrogens is 300 g/mol. The molecule has 4 heteroatoms. The van der Waals surface area contributed by atoms with Gasteiger partial charge in [0.15, 0.2) is 0 Å². The monoisotopic (exact) mass is 328 g/mol. The molecule has 1 unspecified atom stereocenters. The third kappa shape index (κ3) is 4.47. The smallest absolute Gasteiger partial charge is 0.246 e. The summed E-state index contributed by atoms with van der Waals surface area (Å²) in [5.74, 6) is -0.159. The molecule has 1 heterocycles. The number of aryl methyl sites for hydroxylation is 1. The average molecular weight is 328 g/mol. The van der Waals surface area contributed by atoms with E-state index in [0.29, 0.717) is 6.54 Å². The van der Waals surface area contributed by atoms with Crippen LogP contribution in [0.15, 0.2) is 36.9 Å². The summed E-state index contributed by atoms with van der Waals surface area (Å²) in [5, 5.41) is 0. The van der Waals surface area contributed by atoms with Crippen molar-refractivity contribution in [1.82, 2.24) is 9.80 Å². The SMILES string of the molecule is C=CC(=O)N(CC)CC(=O)N1CCCCCC1c1cccc(C)c1. The van der Waals surface area contributed by atoms with Crippen molar-refractivity contribution in [1.29, 1.82) is 0 Å². The van der Waals surface area contributed by atoms with Crippen molar-refractivity contribution < 1.29 is 9.59 Å². The van der Waals surface area contributed by atoms with Gasteiger partial charge in [0, 0.05) is 13.1 Å². The number of hydrogen-bond donors (Lipinski definition) is 0. The van der Waals surface area contributed by atoms with Crippen LogP contribution in [0.4, 0.5) is 0 Å². The highest BCUT2D eigenvalue weighted by Gasteiger charge is 2.28. The molecule has 0 aromatic heterocycles. The molecule has 1 atom stereocenters. The minimum atomic E-state index is -0.187. The second-order valence-electron chi connectivity index (χ2n) is 6.42. The molecule has 1 saturated heterocycles. The molecule has 130 valence electrons. The van der Waals surface area contributed by atoms with E-state index in [-0.39, 0.29) is 24.4 Å². The van der Waals surface area contributed by atoms with Gasteiger partial charge in [-0.1, -0.05) is 49.2 Å². The van der Waals surface area contributed by atoms with E-state index in [1.54, 1.807) is 4.90 Å². The summed E-state index contributed by atoms with van der Waals surface area (Å²) in [6.45, 7) is 8.89. The minimum absolute atomic E-state index is 0.0282. The van der Waals surface area contributed by atoms with Gasteiger partial charge in [0.2, 0.25) is 11.8 Å². The van der Waals surface area contributed by atoms with Crippen molar-refractivity contribution in [2.45, 2.75) is 45.6 Å². The molecule has 0 N–H and O–H groups in total. The van der Waals surface area contributed by atoms with Crippen LogP contribution in [0.1, 0.15) is 49.8 Å². The lowest BCUT2D eigenvalue weighted by Gasteiger charge is -2.32. The van der Waals surface area contributed by atoms with Gasteiger partial charge >= 0.3 is 0 Å². The van der Waals surface area contributed by atoms with Crippen molar-refractivity contribution in [2.75, 3.05) is 19.6 Å². The molecule has 0 saturated carbocycles. The number of likely N-dealkylation sites (N-methyl/N-ethyl adjacent to an activating group) is 1. The van der Waals surface area contributed by atoms with Crippen molar-refractivity contribution >= 4 is 11.8 Å². The Labute approximate surface area is 145 Å². The fourth-order valence-corrected chi connectivity index (χ4v) is 3.36. The van der Waals surface area contributed by atoms with Gasteiger partial charge in [0.25, 0.3) is 0 Å². The topological polar surface area (TPSA) is 40.6 Å². The maximum absolute atomic E-state index is 12.9. The third-order valence-corrected chi connectivity index (χ3v) is 4.69. The van der Waals surface area contributed by atoms with Crippen LogP contribution in [-0.4, -0.2) is 41.2 Å². The summed E-state index contributed by atoms with van der Waals surface area (Å²) in [6, 6.07) is 8.52. The highest BCUT2D eigenvalue weighted by atomic mass is 16.2. The number of carbonyl (C=O) groups is 2. The Morgan fingerprint density at radius 2 is 2.12 bits per heavy atom. The van der Waals surface area contributed by atoms with Crippen LogP contribution in [0.25, 0.3) is 0 Å². The second kappa shape index (κ2) is 8.67. The summed E-state index contributed by atoms with van der Waals surface area (Å²) in [7, 11) is 0. The molecule has 1 fully saturated rings. The van der Waals surface area contributed by atoms with E-state index in [1.165, 1.54) is 17.2 Å². The van der Waals surface area contributed by atoms with Crippen molar-refractivity contribution in [3.63, 3.8) is 0 Å². The van der Waals surface area contributed by atoms with E-state index in [0.717, 1.165) is 32.2 Å². The van der Waals surface area contributed by atoms with Gasteiger partial charge in [-0.05, 0) is 38.3 Å². The molecule has 0 spiro atoms. The largest absolute Gasteiger partial charge is 0.334 e. The van der Waals surface area contributed by atoms with Crippen LogP contribution >= 0.6 is 0 Å². The number of amides is 2. The fourth-order valence-electron chi connectivity index (χ4n) is 3.36. The van der Waals surface area contributed by atoms with E-state index in [4.69, 9.17) is 0 Å². The van der Waals surface area contributed by atoms with Crippen LogP contribution in [0.3, 0.4) is 0 Å². The average Bonchev–Trinajstić information content (AvgIpc) is 2.84. The van der Waals surface area contributed by atoms with Crippen molar-refractivity contribution in [3.8, 4) is 0 Å². The van der Waals surface area contributed by atoms with Crippen molar-refractivity contribution in [2.24, 2.45) is 0 Å². The predicted molar refractivity (Wildman–Crippen MR) is 96.6 cm³/mol. The van der Waals surface area contributed by atoms with Gasteiger partial charge in [0.05, 0.1) is 6.04 Å². The lowest BCUT2D eigenvalue weighted by molar-refractivity contribution is -0.139. The molecule has 2 rings (SSSR count). The zero-order valence-corrected chi connectivity index (χ0v) is 14.8. The van der Waals surface area contributed by atoms with E-state index < -0.39 is 0 Å². The van der Waals surface area contributed by atoms with Gasteiger partial charge in [-0.15, -0.1) is 0 Å². The summed E-state index contributed by atoms with van der Waals surface area (Å²) in [6.07, 6.45) is 5.56.